The Kier molecular flexibility index (Phi) is 4.31. The lowest BCUT2D eigenvalue weighted by Gasteiger charge is -2.11. The van der Waals surface area contributed by atoms with E-state index in [0.29, 0.717) is 6.54 Å². The van der Waals surface area contributed by atoms with Gasteiger partial charge in [0.2, 0.25) is 0 Å². The van der Waals surface area contributed by atoms with Crippen molar-refractivity contribution in [3.05, 3.63) is 15.0 Å². The topological polar surface area (TPSA) is 45.1 Å². The van der Waals surface area contributed by atoms with Crippen molar-refractivity contribution in [1.82, 2.24) is 10.3 Å². The number of halogens is 1. The van der Waals surface area contributed by atoms with Crippen LogP contribution in [0.5, 0.6) is 0 Å². The van der Waals surface area contributed by atoms with Gasteiger partial charge in [0.05, 0.1) is 22.1 Å². The molecule has 1 rings (SSSR count). The molecule has 0 radical (unpaired) electrons. The average Bonchev–Trinajstić information content (AvgIpc) is 2.47. The molecule has 0 aliphatic heterocycles. The molecule has 2 N–H and O–H groups in total. The molecule has 0 spiro atoms. The molecule has 5 heteroatoms. The molecule has 0 bridgehead atoms. The predicted octanol–water partition coefficient (Wildman–Crippen LogP) is 1.94. The Morgan fingerprint density at radius 1 is 1.69 bits per heavy atom. The molecule has 0 fully saturated rings. The van der Waals surface area contributed by atoms with Crippen LogP contribution in [0.25, 0.3) is 0 Å². The van der Waals surface area contributed by atoms with Gasteiger partial charge < -0.3 is 10.4 Å². The predicted molar refractivity (Wildman–Crippen MR) is 57.9 cm³/mol. The SMILES string of the molecule is CC(NC[C@@H](C)O)c1ncc(Br)s1. The second-order valence-corrected chi connectivity index (χ2v) is 5.42. The average molecular weight is 265 g/mol. The van der Waals surface area contributed by atoms with Crippen molar-refractivity contribution in [3.63, 3.8) is 0 Å². The van der Waals surface area contributed by atoms with Gasteiger partial charge in [-0.1, -0.05) is 0 Å². The lowest BCUT2D eigenvalue weighted by atomic mass is 10.3. The molecule has 0 amide bonds. The molecule has 0 aromatic carbocycles. The first-order valence-corrected chi connectivity index (χ1v) is 5.73. The Morgan fingerprint density at radius 3 is 2.85 bits per heavy atom. The third-order valence-electron chi connectivity index (χ3n) is 1.59. The largest absolute Gasteiger partial charge is 0.392 e. The number of hydrogen-bond donors (Lipinski definition) is 2. The van der Waals surface area contributed by atoms with E-state index in [-0.39, 0.29) is 12.1 Å². The quantitative estimate of drug-likeness (QED) is 0.874. The minimum atomic E-state index is -0.314. The maximum atomic E-state index is 9.06. The smallest absolute Gasteiger partial charge is 0.110 e. The number of aromatic nitrogens is 1. The van der Waals surface area contributed by atoms with Crippen molar-refractivity contribution in [2.24, 2.45) is 0 Å². The van der Waals surface area contributed by atoms with Crippen LogP contribution in [0.1, 0.15) is 24.9 Å². The summed E-state index contributed by atoms with van der Waals surface area (Å²) in [6.07, 6.45) is 1.48. The highest BCUT2D eigenvalue weighted by molar-refractivity contribution is 9.11. The zero-order valence-corrected chi connectivity index (χ0v) is 10.0. The summed E-state index contributed by atoms with van der Waals surface area (Å²) in [5, 5.41) is 13.3. The van der Waals surface area contributed by atoms with Gasteiger partial charge in [-0.25, -0.2) is 4.98 Å². The van der Waals surface area contributed by atoms with E-state index in [2.05, 4.69) is 26.2 Å². The molecular formula is C8H13BrN2OS. The van der Waals surface area contributed by atoms with Gasteiger partial charge in [-0.05, 0) is 29.8 Å². The van der Waals surface area contributed by atoms with E-state index in [1.165, 1.54) is 0 Å². The van der Waals surface area contributed by atoms with Crippen LogP contribution in [-0.2, 0) is 0 Å². The van der Waals surface area contributed by atoms with Gasteiger partial charge in [0.15, 0.2) is 0 Å². The summed E-state index contributed by atoms with van der Waals surface area (Å²) < 4.78 is 1.04. The maximum absolute atomic E-state index is 9.06. The van der Waals surface area contributed by atoms with Crippen molar-refractivity contribution < 1.29 is 5.11 Å². The van der Waals surface area contributed by atoms with Crippen molar-refractivity contribution in [2.75, 3.05) is 6.54 Å². The monoisotopic (exact) mass is 264 g/mol. The molecule has 1 aromatic rings. The Labute approximate surface area is 90.3 Å². The number of hydrogen-bond acceptors (Lipinski definition) is 4. The zero-order chi connectivity index (χ0) is 9.84. The Hall–Kier alpha value is 0.0300. The molecule has 0 saturated carbocycles. The third kappa shape index (κ3) is 3.72. The summed E-state index contributed by atoms with van der Waals surface area (Å²) in [6.45, 7) is 4.39. The summed E-state index contributed by atoms with van der Waals surface area (Å²) in [5.41, 5.74) is 0. The Morgan fingerprint density at radius 2 is 2.38 bits per heavy atom. The van der Waals surface area contributed by atoms with Crippen LogP contribution in [0.4, 0.5) is 0 Å². The fourth-order valence-electron chi connectivity index (χ4n) is 0.902. The molecule has 0 saturated heterocycles. The van der Waals surface area contributed by atoms with Gasteiger partial charge in [-0.3, -0.25) is 0 Å². The molecule has 1 unspecified atom stereocenters. The number of thiazole rings is 1. The number of aliphatic hydroxyl groups is 1. The van der Waals surface area contributed by atoms with Crippen LogP contribution >= 0.6 is 27.3 Å². The lowest BCUT2D eigenvalue weighted by molar-refractivity contribution is 0.187. The fourth-order valence-corrected chi connectivity index (χ4v) is 2.17. The van der Waals surface area contributed by atoms with Gasteiger partial charge in [0, 0.05) is 6.54 Å². The molecule has 0 aliphatic rings. The van der Waals surface area contributed by atoms with Crippen molar-refractivity contribution in [3.8, 4) is 0 Å². The second kappa shape index (κ2) is 5.05. The van der Waals surface area contributed by atoms with E-state index < -0.39 is 0 Å². The zero-order valence-electron chi connectivity index (χ0n) is 7.62. The molecule has 0 aliphatic carbocycles. The minimum Gasteiger partial charge on any atom is -0.392 e. The van der Waals surface area contributed by atoms with E-state index in [9.17, 15) is 0 Å². The summed E-state index contributed by atoms with van der Waals surface area (Å²) in [7, 11) is 0. The lowest BCUT2D eigenvalue weighted by Crippen LogP contribution is -2.26. The second-order valence-electron chi connectivity index (χ2n) is 2.98. The summed E-state index contributed by atoms with van der Waals surface area (Å²) in [6, 6.07) is 0.200. The van der Waals surface area contributed by atoms with Gasteiger partial charge in [-0.2, -0.15) is 0 Å². The highest BCUT2D eigenvalue weighted by Crippen LogP contribution is 2.23. The van der Waals surface area contributed by atoms with E-state index in [1.54, 1.807) is 24.5 Å². The van der Waals surface area contributed by atoms with Crippen molar-refractivity contribution >= 4 is 27.3 Å². The molecule has 2 atom stereocenters. The minimum absolute atomic E-state index is 0.200. The van der Waals surface area contributed by atoms with E-state index in [1.807, 2.05) is 6.92 Å². The molecule has 3 nitrogen and oxygen atoms in total. The van der Waals surface area contributed by atoms with E-state index in [4.69, 9.17) is 5.11 Å². The highest BCUT2D eigenvalue weighted by atomic mass is 79.9. The van der Waals surface area contributed by atoms with E-state index >= 15 is 0 Å². The first kappa shape index (κ1) is 11.1. The third-order valence-corrected chi connectivity index (χ3v) is 3.24. The van der Waals surface area contributed by atoms with Crippen LogP contribution in [0.3, 0.4) is 0 Å². The van der Waals surface area contributed by atoms with Crippen LogP contribution < -0.4 is 5.32 Å². The summed E-state index contributed by atoms with van der Waals surface area (Å²) in [5.74, 6) is 0. The van der Waals surface area contributed by atoms with Crippen molar-refractivity contribution in [2.45, 2.75) is 26.0 Å². The fraction of sp³-hybridized carbons (Fsp3) is 0.625. The Bertz CT molecular complexity index is 264. The van der Waals surface area contributed by atoms with Gasteiger partial charge in [0.25, 0.3) is 0 Å². The normalized spacial score (nSPS) is 15.7. The van der Waals surface area contributed by atoms with Crippen LogP contribution in [0.15, 0.2) is 9.98 Å². The maximum Gasteiger partial charge on any atom is 0.110 e. The standard InChI is InChI=1S/C8H13BrN2OS/c1-5(12)3-10-6(2)8-11-4-7(9)13-8/h4-6,10,12H,3H2,1-2H3/t5-,6?/m1/s1. The van der Waals surface area contributed by atoms with Crippen LogP contribution in [0.2, 0.25) is 0 Å². The Balaban J connectivity index is 2.44. The first-order valence-electron chi connectivity index (χ1n) is 4.12. The van der Waals surface area contributed by atoms with Crippen LogP contribution in [0, 0.1) is 0 Å². The number of rotatable bonds is 4. The summed E-state index contributed by atoms with van der Waals surface area (Å²) >= 11 is 4.97. The highest BCUT2D eigenvalue weighted by Gasteiger charge is 2.09. The molecular weight excluding hydrogens is 252 g/mol. The number of nitrogens with zero attached hydrogens (tertiary/aromatic N) is 1. The molecule has 74 valence electrons. The van der Waals surface area contributed by atoms with Gasteiger partial charge in [0.1, 0.15) is 5.01 Å². The van der Waals surface area contributed by atoms with E-state index in [0.717, 1.165) is 8.79 Å². The molecule has 13 heavy (non-hydrogen) atoms. The van der Waals surface area contributed by atoms with Gasteiger partial charge >= 0.3 is 0 Å². The van der Waals surface area contributed by atoms with Gasteiger partial charge in [-0.15, -0.1) is 11.3 Å². The van der Waals surface area contributed by atoms with Crippen molar-refractivity contribution in [1.29, 1.82) is 0 Å². The molecule has 1 aromatic heterocycles. The molecule has 1 heterocycles. The summed E-state index contributed by atoms with van der Waals surface area (Å²) in [4.78, 5) is 4.22. The number of aliphatic hydroxyl groups excluding tert-OH is 1. The first-order chi connectivity index (χ1) is 6.09. The van der Waals surface area contributed by atoms with Crippen LogP contribution in [-0.4, -0.2) is 22.7 Å². The number of nitrogens with one attached hydrogen (secondary N) is 1.